The molecule has 1 saturated heterocycles. The zero-order valence-corrected chi connectivity index (χ0v) is 11.2. The van der Waals surface area contributed by atoms with Crippen LogP contribution >= 0.6 is 0 Å². The first kappa shape index (κ1) is 12.6. The van der Waals surface area contributed by atoms with Crippen LogP contribution < -0.4 is 10.6 Å². The van der Waals surface area contributed by atoms with Crippen LogP contribution in [-0.4, -0.2) is 25.2 Å². The van der Waals surface area contributed by atoms with Crippen molar-refractivity contribution >= 4 is 11.6 Å². The van der Waals surface area contributed by atoms with Gasteiger partial charge in [0.2, 0.25) is 5.91 Å². The van der Waals surface area contributed by atoms with Gasteiger partial charge in [-0.15, -0.1) is 0 Å². The number of anilines is 1. The molecule has 1 fully saturated rings. The number of amides is 1. The van der Waals surface area contributed by atoms with Gasteiger partial charge in [0.1, 0.15) is 0 Å². The number of hydrogen-bond donors (Lipinski definition) is 2. The molecule has 3 rings (SSSR count). The van der Waals surface area contributed by atoms with Crippen LogP contribution in [0.15, 0.2) is 18.2 Å². The molecule has 4 heteroatoms. The third-order valence-corrected chi connectivity index (χ3v) is 4.07. The summed E-state index contributed by atoms with van der Waals surface area (Å²) in [6.07, 6.45) is 1.91. The maximum atomic E-state index is 12.2. The van der Waals surface area contributed by atoms with Gasteiger partial charge < -0.3 is 15.4 Å². The van der Waals surface area contributed by atoms with E-state index < -0.39 is 0 Å². The van der Waals surface area contributed by atoms with Gasteiger partial charge in [-0.2, -0.15) is 0 Å². The zero-order chi connectivity index (χ0) is 13.2. The van der Waals surface area contributed by atoms with Crippen LogP contribution in [-0.2, 0) is 22.5 Å². The maximum Gasteiger partial charge on any atom is 0.230 e. The Balaban J connectivity index is 1.71. The summed E-state index contributed by atoms with van der Waals surface area (Å²) in [6, 6.07) is 6.21. The molecular weight excluding hydrogens is 240 g/mol. The topological polar surface area (TPSA) is 50.4 Å². The van der Waals surface area contributed by atoms with E-state index in [-0.39, 0.29) is 17.9 Å². The molecule has 0 bridgehead atoms. The van der Waals surface area contributed by atoms with Gasteiger partial charge in [0.25, 0.3) is 0 Å². The molecule has 102 valence electrons. The highest BCUT2D eigenvalue weighted by Crippen LogP contribution is 2.24. The summed E-state index contributed by atoms with van der Waals surface area (Å²) < 4.78 is 5.44. The smallest absolute Gasteiger partial charge is 0.230 e. The summed E-state index contributed by atoms with van der Waals surface area (Å²) in [5.41, 5.74) is 3.57. The molecule has 0 spiro atoms. The normalized spacial score (nSPS) is 25.9. The van der Waals surface area contributed by atoms with Crippen LogP contribution in [0.2, 0.25) is 0 Å². The Labute approximate surface area is 113 Å². The Kier molecular flexibility index (Phi) is 3.53. The van der Waals surface area contributed by atoms with Crippen molar-refractivity contribution in [2.75, 3.05) is 18.5 Å². The second-order valence-corrected chi connectivity index (χ2v) is 5.37. The van der Waals surface area contributed by atoms with Crippen molar-refractivity contribution in [1.29, 1.82) is 0 Å². The minimum absolute atomic E-state index is 0.0193. The SMILES string of the molecule is CC1OCCC1C(=O)Nc1ccc2c(c1)CNCC2. The fourth-order valence-corrected chi connectivity index (χ4v) is 2.87. The molecule has 0 saturated carbocycles. The van der Waals surface area contributed by atoms with Crippen LogP contribution in [0.25, 0.3) is 0 Å². The number of carbonyl (C=O) groups excluding carboxylic acids is 1. The Morgan fingerprint density at radius 1 is 1.42 bits per heavy atom. The number of ether oxygens (including phenoxy) is 1. The minimum Gasteiger partial charge on any atom is -0.378 e. The second kappa shape index (κ2) is 5.31. The lowest BCUT2D eigenvalue weighted by Crippen LogP contribution is -2.28. The van der Waals surface area contributed by atoms with Gasteiger partial charge in [-0.3, -0.25) is 4.79 Å². The molecule has 0 radical (unpaired) electrons. The van der Waals surface area contributed by atoms with Gasteiger partial charge in [-0.1, -0.05) is 6.07 Å². The van der Waals surface area contributed by atoms with Crippen molar-refractivity contribution in [1.82, 2.24) is 5.32 Å². The first-order valence-corrected chi connectivity index (χ1v) is 6.99. The molecule has 2 aliphatic rings. The zero-order valence-electron chi connectivity index (χ0n) is 11.2. The standard InChI is InChI=1S/C15H20N2O2/c1-10-14(5-7-19-10)15(18)17-13-3-2-11-4-6-16-9-12(11)8-13/h2-3,8,10,14,16H,4-7,9H2,1H3,(H,17,18). The molecule has 2 unspecified atom stereocenters. The monoisotopic (exact) mass is 260 g/mol. The highest BCUT2D eigenvalue weighted by Gasteiger charge is 2.30. The van der Waals surface area contributed by atoms with Crippen molar-refractivity contribution in [2.24, 2.45) is 5.92 Å². The fourth-order valence-electron chi connectivity index (χ4n) is 2.87. The van der Waals surface area contributed by atoms with Crippen LogP contribution in [0.5, 0.6) is 0 Å². The third kappa shape index (κ3) is 2.65. The molecular formula is C15H20N2O2. The lowest BCUT2D eigenvalue weighted by Gasteiger charge is -2.19. The summed E-state index contributed by atoms with van der Waals surface area (Å²) in [7, 11) is 0. The molecule has 19 heavy (non-hydrogen) atoms. The number of benzene rings is 1. The molecule has 2 N–H and O–H groups in total. The molecule has 2 aliphatic heterocycles. The average molecular weight is 260 g/mol. The van der Waals surface area contributed by atoms with Crippen molar-refractivity contribution in [3.05, 3.63) is 29.3 Å². The van der Waals surface area contributed by atoms with E-state index >= 15 is 0 Å². The molecule has 1 amide bonds. The van der Waals surface area contributed by atoms with Gasteiger partial charge in [-0.05, 0) is 49.6 Å². The molecule has 2 heterocycles. The lowest BCUT2D eigenvalue weighted by atomic mass is 9.99. The van der Waals surface area contributed by atoms with Crippen LogP contribution in [0.3, 0.4) is 0 Å². The van der Waals surface area contributed by atoms with Crippen molar-refractivity contribution in [3.8, 4) is 0 Å². The lowest BCUT2D eigenvalue weighted by molar-refractivity contribution is -0.121. The Morgan fingerprint density at radius 3 is 3.11 bits per heavy atom. The van der Waals surface area contributed by atoms with Gasteiger partial charge in [0.05, 0.1) is 12.0 Å². The molecule has 1 aromatic carbocycles. The van der Waals surface area contributed by atoms with Crippen LogP contribution in [0.1, 0.15) is 24.5 Å². The number of rotatable bonds is 2. The maximum absolute atomic E-state index is 12.2. The number of hydrogen-bond acceptors (Lipinski definition) is 3. The summed E-state index contributed by atoms with van der Waals surface area (Å²) in [5, 5.41) is 6.37. The van der Waals surface area contributed by atoms with Gasteiger partial charge in [0, 0.05) is 18.8 Å². The van der Waals surface area contributed by atoms with Crippen molar-refractivity contribution in [2.45, 2.75) is 32.4 Å². The Morgan fingerprint density at radius 2 is 2.32 bits per heavy atom. The number of carbonyl (C=O) groups is 1. The first-order chi connectivity index (χ1) is 9.24. The van der Waals surface area contributed by atoms with E-state index in [1.165, 1.54) is 11.1 Å². The van der Waals surface area contributed by atoms with E-state index in [0.717, 1.165) is 31.6 Å². The summed E-state index contributed by atoms with van der Waals surface area (Å²) in [5.74, 6) is 0.0582. The van der Waals surface area contributed by atoms with Crippen molar-refractivity contribution in [3.63, 3.8) is 0 Å². The van der Waals surface area contributed by atoms with Crippen LogP contribution in [0, 0.1) is 5.92 Å². The quantitative estimate of drug-likeness (QED) is 0.851. The summed E-state index contributed by atoms with van der Waals surface area (Å²) in [4.78, 5) is 12.2. The van der Waals surface area contributed by atoms with Crippen LogP contribution in [0.4, 0.5) is 5.69 Å². The average Bonchev–Trinajstić information content (AvgIpc) is 2.85. The summed E-state index contributed by atoms with van der Waals surface area (Å²) in [6.45, 7) is 4.58. The number of fused-ring (bicyclic) bond motifs is 1. The van der Waals surface area contributed by atoms with E-state index in [2.05, 4.69) is 22.8 Å². The first-order valence-electron chi connectivity index (χ1n) is 6.99. The number of nitrogens with one attached hydrogen (secondary N) is 2. The van der Waals surface area contributed by atoms with E-state index in [4.69, 9.17) is 4.74 Å². The Hall–Kier alpha value is -1.39. The second-order valence-electron chi connectivity index (χ2n) is 5.37. The van der Waals surface area contributed by atoms with Gasteiger partial charge in [-0.25, -0.2) is 0 Å². The Bertz CT molecular complexity index is 487. The fraction of sp³-hybridized carbons (Fsp3) is 0.533. The summed E-state index contributed by atoms with van der Waals surface area (Å²) >= 11 is 0. The highest BCUT2D eigenvalue weighted by atomic mass is 16.5. The molecule has 2 atom stereocenters. The highest BCUT2D eigenvalue weighted by molar-refractivity contribution is 5.93. The van der Waals surface area contributed by atoms with E-state index in [1.807, 2.05) is 13.0 Å². The molecule has 4 nitrogen and oxygen atoms in total. The van der Waals surface area contributed by atoms with Gasteiger partial charge >= 0.3 is 0 Å². The minimum atomic E-state index is -0.0193. The third-order valence-electron chi connectivity index (χ3n) is 4.07. The van der Waals surface area contributed by atoms with E-state index in [1.54, 1.807) is 0 Å². The van der Waals surface area contributed by atoms with E-state index in [9.17, 15) is 4.79 Å². The predicted octanol–water partition coefficient (Wildman–Crippen LogP) is 1.70. The molecule has 1 aromatic rings. The van der Waals surface area contributed by atoms with Gasteiger partial charge in [0.15, 0.2) is 0 Å². The van der Waals surface area contributed by atoms with E-state index in [0.29, 0.717) is 6.61 Å². The van der Waals surface area contributed by atoms with Crippen molar-refractivity contribution < 1.29 is 9.53 Å². The molecule has 0 aliphatic carbocycles. The largest absolute Gasteiger partial charge is 0.378 e. The molecule has 0 aromatic heterocycles. The predicted molar refractivity (Wildman–Crippen MR) is 74.0 cm³/mol.